The van der Waals surface area contributed by atoms with Crippen LogP contribution in [0, 0.1) is 0 Å². The Hall–Kier alpha value is -0.120. The van der Waals surface area contributed by atoms with Gasteiger partial charge in [0.25, 0.3) is 0 Å². The third-order valence-corrected chi connectivity index (χ3v) is 0.338. The van der Waals surface area contributed by atoms with Crippen molar-refractivity contribution < 1.29 is 23.1 Å². The first-order chi connectivity index (χ1) is 2.81. The Morgan fingerprint density at radius 2 is 1.67 bits per heavy atom. The van der Waals surface area contributed by atoms with Crippen LogP contribution in [0.5, 0.6) is 0 Å². The largest absolute Gasteiger partial charge is 0.768 e. The van der Waals surface area contributed by atoms with E-state index < -0.39 is 8.25 Å². The van der Waals surface area contributed by atoms with Crippen LogP contribution in [0.25, 0.3) is 0 Å². The monoisotopic (exact) mass is 117 g/mol. The zero-order chi connectivity index (χ0) is 4.99. The molecule has 6 heteroatoms. The molecular formula is F2O3P+. The van der Waals surface area contributed by atoms with Gasteiger partial charge in [-0.15, -0.1) is 0 Å². The van der Waals surface area contributed by atoms with E-state index in [2.05, 4.69) is 9.46 Å². The molecule has 0 radical (unpaired) electrons. The fraction of sp³-hybridized carbons (Fsp3) is 0. The number of rotatable bonds is 2. The van der Waals surface area contributed by atoms with Crippen molar-refractivity contribution in [3.63, 3.8) is 0 Å². The summed E-state index contributed by atoms with van der Waals surface area (Å²) in [7, 11) is -3.16. The summed E-state index contributed by atoms with van der Waals surface area (Å²) < 4.78 is 34.2. The van der Waals surface area contributed by atoms with Crippen LogP contribution in [0.1, 0.15) is 0 Å². The molecule has 0 amide bonds. The highest BCUT2D eigenvalue weighted by Gasteiger charge is 2.21. The molecule has 0 saturated heterocycles. The summed E-state index contributed by atoms with van der Waals surface area (Å²) >= 11 is 0. The van der Waals surface area contributed by atoms with Gasteiger partial charge in [0.15, 0.2) is 0 Å². The molecular weight excluding hydrogens is 117 g/mol. The Labute approximate surface area is 32.6 Å². The Morgan fingerprint density at radius 3 is 1.67 bits per heavy atom. The number of halogens is 2. The van der Waals surface area contributed by atoms with Crippen LogP contribution in [-0.2, 0) is 14.0 Å². The standard InChI is InChI=1S/F2O3P/c1-4-6(3)5-2/q+1. The van der Waals surface area contributed by atoms with Crippen molar-refractivity contribution in [2.45, 2.75) is 0 Å². The molecule has 0 aliphatic heterocycles. The summed E-state index contributed by atoms with van der Waals surface area (Å²) in [5, 5.41) is 0. The molecule has 0 bridgehead atoms. The minimum Gasteiger partial charge on any atom is 0.00504 e. The molecule has 3 nitrogen and oxygen atoms in total. The molecule has 0 aliphatic rings. The van der Waals surface area contributed by atoms with Crippen LogP contribution in [0.2, 0.25) is 0 Å². The Morgan fingerprint density at radius 1 is 1.33 bits per heavy atom. The number of hydrogen-bond acceptors (Lipinski definition) is 3. The fourth-order valence-electron chi connectivity index (χ4n) is 0.0106. The van der Waals surface area contributed by atoms with Crippen molar-refractivity contribution in [3.8, 4) is 0 Å². The molecule has 0 spiro atoms. The van der Waals surface area contributed by atoms with E-state index in [0.717, 1.165) is 0 Å². The summed E-state index contributed by atoms with van der Waals surface area (Å²) in [4.78, 5) is 0. The molecule has 0 saturated carbocycles. The minimum atomic E-state index is -3.16. The maximum Gasteiger partial charge on any atom is 0.768 e. The van der Waals surface area contributed by atoms with E-state index >= 15 is 0 Å². The lowest BCUT2D eigenvalue weighted by molar-refractivity contribution is -0.0751. The fourth-order valence-corrected chi connectivity index (χ4v) is 0.0319. The van der Waals surface area contributed by atoms with E-state index in [1.54, 1.807) is 0 Å². The average Bonchev–Trinajstić information content (AvgIpc) is 1.65. The molecule has 36 valence electrons. The summed E-state index contributed by atoms with van der Waals surface area (Å²) in [5.74, 6) is 0. The van der Waals surface area contributed by atoms with E-state index in [0.29, 0.717) is 0 Å². The van der Waals surface area contributed by atoms with Gasteiger partial charge in [0.05, 0.1) is 0 Å². The Balaban J connectivity index is 2.99. The van der Waals surface area contributed by atoms with E-state index in [-0.39, 0.29) is 0 Å². The lowest BCUT2D eigenvalue weighted by Crippen LogP contribution is -1.55. The third kappa shape index (κ3) is 2.14. The predicted octanol–water partition coefficient (Wildman–Crippen LogP) is 1.45. The number of hydrogen-bond donors (Lipinski definition) is 0. The predicted molar refractivity (Wildman–Crippen MR) is 12.0 cm³/mol. The van der Waals surface area contributed by atoms with Crippen molar-refractivity contribution in [1.29, 1.82) is 0 Å². The average molecular weight is 117 g/mol. The zero-order valence-electron chi connectivity index (χ0n) is 2.43. The maximum absolute atomic E-state index is 10.2. The van der Waals surface area contributed by atoms with Crippen molar-refractivity contribution in [1.82, 2.24) is 0 Å². The summed E-state index contributed by atoms with van der Waals surface area (Å²) in [6, 6.07) is 0. The van der Waals surface area contributed by atoms with Crippen molar-refractivity contribution in [2.24, 2.45) is 0 Å². The summed E-state index contributed by atoms with van der Waals surface area (Å²) in [6.07, 6.45) is 0. The zero-order valence-corrected chi connectivity index (χ0v) is 3.32. The topological polar surface area (TPSA) is 35.5 Å². The quantitative estimate of drug-likeness (QED) is 0.513. The normalized spacial score (nSPS) is 8.33. The second kappa shape index (κ2) is 3.08. The van der Waals surface area contributed by atoms with Gasteiger partial charge in [-0.25, -0.2) is 0 Å². The van der Waals surface area contributed by atoms with Crippen LogP contribution >= 0.6 is 8.25 Å². The molecule has 0 heterocycles. The van der Waals surface area contributed by atoms with E-state index in [1.807, 2.05) is 0 Å². The van der Waals surface area contributed by atoms with Gasteiger partial charge in [0.2, 0.25) is 0 Å². The highest BCUT2D eigenvalue weighted by atomic mass is 31.1. The third-order valence-electron chi connectivity index (χ3n) is 0.113. The first-order valence-electron chi connectivity index (χ1n) is 0.856. The van der Waals surface area contributed by atoms with Gasteiger partial charge in [-0.3, -0.25) is 0 Å². The lowest BCUT2D eigenvalue weighted by atomic mass is 15.6. The first-order valence-corrected chi connectivity index (χ1v) is 1.95. The van der Waals surface area contributed by atoms with Gasteiger partial charge in [0.1, 0.15) is 9.46 Å². The van der Waals surface area contributed by atoms with E-state index in [9.17, 15) is 9.05 Å². The van der Waals surface area contributed by atoms with E-state index in [4.69, 9.17) is 4.57 Å². The van der Waals surface area contributed by atoms with Gasteiger partial charge < -0.3 is 0 Å². The van der Waals surface area contributed by atoms with E-state index in [1.165, 1.54) is 0 Å². The van der Waals surface area contributed by atoms with Crippen LogP contribution in [0.15, 0.2) is 0 Å². The smallest absolute Gasteiger partial charge is 0.00504 e. The molecule has 0 rings (SSSR count). The Kier molecular flexibility index (Phi) is 3.02. The molecule has 0 aromatic carbocycles. The molecule has 0 N–H and O–H groups in total. The lowest BCUT2D eigenvalue weighted by Gasteiger charge is -1.54. The summed E-state index contributed by atoms with van der Waals surface area (Å²) in [5.41, 5.74) is 0. The first kappa shape index (κ1) is 5.88. The second-order valence-electron chi connectivity index (χ2n) is 0.362. The molecule has 0 aromatic rings. The van der Waals surface area contributed by atoms with Crippen LogP contribution in [0.3, 0.4) is 0 Å². The minimum absolute atomic E-state index is 2.31. The molecule has 0 fully saturated rings. The maximum atomic E-state index is 10.2. The molecule has 0 aromatic heterocycles. The van der Waals surface area contributed by atoms with Crippen molar-refractivity contribution >= 4 is 8.25 Å². The second-order valence-corrected chi connectivity index (χ2v) is 1.08. The highest BCUT2D eigenvalue weighted by molar-refractivity contribution is 7.32. The van der Waals surface area contributed by atoms with Crippen molar-refractivity contribution in [2.75, 3.05) is 0 Å². The SMILES string of the molecule is O=[P+](OF)OF. The van der Waals surface area contributed by atoms with Gasteiger partial charge in [-0.1, -0.05) is 0 Å². The Bertz CT molecular complexity index is 46.8. The van der Waals surface area contributed by atoms with Crippen LogP contribution in [0.4, 0.5) is 9.05 Å². The van der Waals surface area contributed by atoms with Crippen LogP contribution < -0.4 is 0 Å². The van der Waals surface area contributed by atoms with Crippen LogP contribution in [-0.4, -0.2) is 0 Å². The molecule has 0 aliphatic carbocycles. The van der Waals surface area contributed by atoms with Crippen molar-refractivity contribution in [3.05, 3.63) is 0 Å². The highest BCUT2D eigenvalue weighted by Crippen LogP contribution is 2.23. The van der Waals surface area contributed by atoms with Gasteiger partial charge in [0, 0.05) is 13.6 Å². The van der Waals surface area contributed by atoms with Gasteiger partial charge in [-0.05, 0) is 0 Å². The van der Waals surface area contributed by atoms with Gasteiger partial charge in [-0.2, -0.15) is 0 Å². The molecule has 0 unspecified atom stereocenters. The van der Waals surface area contributed by atoms with Gasteiger partial charge >= 0.3 is 8.25 Å². The molecule has 0 atom stereocenters. The molecule has 6 heavy (non-hydrogen) atoms. The summed E-state index contributed by atoms with van der Waals surface area (Å²) in [6.45, 7) is 0.